The number of amides is 1. The quantitative estimate of drug-likeness (QED) is 0.798. The Labute approximate surface area is 157 Å². The Kier molecular flexibility index (Phi) is 5.82. The molecular weight excluding hydrogens is 350 g/mol. The van der Waals surface area contributed by atoms with Crippen LogP contribution in [0, 0.1) is 17.2 Å². The van der Waals surface area contributed by atoms with Gasteiger partial charge in [0, 0.05) is 12.2 Å². The summed E-state index contributed by atoms with van der Waals surface area (Å²) in [7, 11) is 0. The number of fused-ring (bicyclic) bond motifs is 1. The molecule has 1 aliphatic carbocycles. The lowest BCUT2D eigenvalue weighted by Gasteiger charge is -2.24. The third-order valence-electron chi connectivity index (χ3n) is 5.34. The minimum Gasteiger partial charge on any atom is -0.480 e. The minimum absolute atomic E-state index is 0.113. The van der Waals surface area contributed by atoms with Gasteiger partial charge in [-0.25, -0.2) is 9.78 Å². The highest BCUT2D eigenvalue weighted by Crippen LogP contribution is 2.31. The second-order valence-corrected chi connectivity index (χ2v) is 7.91. The third kappa shape index (κ3) is 3.85. The summed E-state index contributed by atoms with van der Waals surface area (Å²) < 4.78 is 0. The van der Waals surface area contributed by atoms with Crippen LogP contribution in [0.5, 0.6) is 0 Å². The Morgan fingerprint density at radius 2 is 2.27 bits per heavy atom. The van der Waals surface area contributed by atoms with E-state index in [2.05, 4.69) is 18.0 Å². The van der Waals surface area contributed by atoms with Crippen molar-refractivity contribution in [2.75, 3.05) is 12.3 Å². The standard InChI is InChI=1S/C19H23N3O3S/c1-2-12-5-6-15-13(8-12)9-14(10-20)18(21-15)26-11-17(23)22-7-3-4-16(22)19(24)25/h9,12,16H,2-8,11H2,1H3,(H,24,25)/t12-,16+/m1/s1. The number of aliphatic carboxylic acids is 1. The number of aryl methyl sites for hydroxylation is 1. The average molecular weight is 373 g/mol. The van der Waals surface area contributed by atoms with Crippen molar-refractivity contribution in [1.29, 1.82) is 5.26 Å². The van der Waals surface area contributed by atoms with Crippen LogP contribution in [-0.4, -0.2) is 45.2 Å². The SMILES string of the molecule is CC[C@@H]1CCc2nc(SCC(=O)N3CCC[C@H]3C(=O)O)c(C#N)cc2C1. The van der Waals surface area contributed by atoms with Crippen LogP contribution in [0.15, 0.2) is 11.1 Å². The predicted octanol–water partition coefficient (Wildman–Crippen LogP) is 2.64. The molecule has 3 rings (SSSR count). The molecule has 0 spiro atoms. The zero-order valence-electron chi connectivity index (χ0n) is 14.9. The van der Waals surface area contributed by atoms with Crippen molar-refractivity contribution in [2.45, 2.75) is 56.5 Å². The Hall–Kier alpha value is -2.07. The molecule has 2 heterocycles. The molecule has 7 heteroatoms. The van der Waals surface area contributed by atoms with Crippen LogP contribution in [0.1, 0.15) is 49.4 Å². The number of nitriles is 1. The van der Waals surface area contributed by atoms with Crippen LogP contribution in [0.25, 0.3) is 0 Å². The van der Waals surface area contributed by atoms with Crippen LogP contribution in [0.3, 0.4) is 0 Å². The number of carbonyl (C=O) groups excluding carboxylic acids is 1. The van der Waals surface area contributed by atoms with Gasteiger partial charge in [0.05, 0.1) is 11.3 Å². The van der Waals surface area contributed by atoms with Gasteiger partial charge in [-0.1, -0.05) is 25.1 Å². The smallest absolute Gasteiger partial charge is 0.326 e. The number of nitrogens with zero attached hydrogens (tertiary/aromatic N) is 3. The maximum absolute atomic E-state index is 12.4. The maximum atomic E-state index is 12.4. The molecule has 1 amide bonds. The highest BCUT2D eigenvalue weighted by atomic mass is 32.2. The van der Waals surface area contributed by atoms with Gasteiger partial charge in [0.1, 0.15) is 17.1 Å². The monoisotopic (exact) mass is 373 g/mol. The van der Waals surface area contributed by atoms with Crippen LogP contribution < -0.4 is 0 Å². The zero-order chi connectivity index (χ0) is 18.7. The fourth-order valence-electron chi connectivity index (χ4n) is 3.79. The van der Waals surface area contributed by atoms with E-state index in [-0.39, 0.29) is 11.7 Å². The molecule has 1 aliphatic heterocycles. The number of likely N-dealkylation sites (tertiary alicyclic amines) is 1. The lowest BCUT2D eigenvalue weighted by Crippen LogP contribution is -2.41. The fourth-order valence-corrected chi connectivity index (χ4v) is 4.66. The topological polar surface area (TPSA) is 94.3 Å². The number of carbonyl (C=O) groups is 2. The molecule has 2 aliphatic rings. The van der Waals surface area contributed by atoms with Crippen LogP contribution in [0.2, 0.25) is 0 Å². The van der Waals surface area contributed by atoms with Crippen molar-refractivity contribution in [3.05, 3.63) is 22.9 Å². The lowest BCUT2D eigenvalue weighted by atomic mass is 9.85. The minimum atomic E-state index is -0.948. The summed E-state index contributed by atoms with van der Waals surface area (Å²) in [6.45, 7) is 2.67. The number of rotatable bonds is 5. The second kappa shape index (κ2) is 8.09. The van der Waals surface area contributed by atoms with Crippen molar-refractivity contribution < 1.29 is 14.7 Å². The largest absolute Gasteiger partial charge is 0.480 e. The molecule has 0 unspecified atom stereocenters. The normalized spacial score (nSPS) is 21.9. The van der Waals surface area contributed by atoms with Crippen LogP contribution >= 0.6 is 11.8 Å². The summed E-state index contributed by atoms with van der Waals surface area (Å²) >= 11 is 1.24. The van der Waals surface area contributed by atoms with E-state index < -0.39 is 12.0 Å². The summed E-state index contributed by atoms with van der Waals surface area (Å²) in [5.41, 5.74) is 2.70. The fraction of sp³-hybridized carbons (Fsp3) is 0.579. The summed E-state index contributed by atoms with van der Waals surface area (Å²) in [5.74, 6) is -0.383. The summed E-state index contributed by atoms with van der Waals surface area (Å²) in [5, 5.41) is 19.3. The van der Waals surface area contributed by atoms with Gasteiger partial charge in [-0.2, -0.15) is 5.26 Å². The van der Waals surface area contributed by atoms with E-state index >= 15 is 0 Å². The number of pyridine rings is 1. The Morgan fingerprint density at radius 1 is 1.46 bits per heavy atom. The first kappa shape index (κ1) is 18.7. The van der Waals surface area contributed by atoms with Gasteiger partial charge in [0.2, 0.25) is 5.91 Å². The molecule has 1 aromatic heterocycles. The van der Waals surface area contributed by atoms with Crippen LogP contribution in [0.4, 0.5) is 0 Å². The number of carboxylic acids is 1. The number of carboxylic acid groups (broad SMARTS) is 1. The number of thioether (sulfide) groups is 1. The lowest BCUT2D eigenvalue weighted by molar-refractivity contribution is -0.147. The van der Waals surface area contributed by atoms with Crippen molar-refractivity contribution in [3.63, 3.8) is 0 Å². The summed E-state index contributed by atoms with van der Waals surface area (Å²) in [6.07, 6.45) is 5.34. The van der Waals surface area contributed by atoms with Crippen molar-refractivity contribution in [2.24, 2.45) is 5.92 Å². The zero-order valence-corrected chi connectivity index (χ0v) is 15.7. The molecular formula is C19H23N3O3S. The molecule has 1 fully saturated rings. The number of aromatic nitrogens is 1. The molecule has 0 saturated carbocycles. The molecule has 6 nitrogen and oxygen atoms in total. The van der Waals surface area contributed by atoms with Gasteiger partial charge < -0.3 is 10.0 Å². The first-order chi connectivity index (χ1) is 12.5. The third-order valence-corrected chi connectivity index (χ3v) is 6.32. The number of hydrogen-bond donors (Lipinski definition) is 1. The molecule has 138 valence electrons. The molecule has 1 aromatic rings. The second-order valence-electron chi connectivity index (χ2n) is 6.95. The molecule has 0 radical (unpaired) electrons. The van der Waals surface area contributed by atoms with E-state index in [1.807, 2.05) is 6.07 Å². The van der Waals surface area contributed by atoms with Gasteiger partial charge >= 0.3 is 5.97 Å². The highest BCUT2D eigenvalue weighted by molar-refractivity contribution is 8.00. The van der Waals surface area contributed by atoms with Gasteiger partial charge in [-0.15, -0.1) is 0 Å². The van der Waals surface area contributed by atoms with E-state index in [1.54, 1.807) is 0 Å². The Bertz CT molecular complexity index is 759. The van der Waals surface area contributed by atoms with E-state index in [4.69, 9.17) is 0 Å². The van der Waals surface area contributed by atoms with Crippen molar-refractivity contribution >= 4 is 23.6 Å². The first-order valence-electron chi connectivity index (χ1n) is 9.11. The molecule has 1 saturated heterocycles. The van der Waals surface area contributed by atoms with Gasteiger partial charge in [0.15, 0.2) is 0 Å². The van der Waals surface area contributed by atoms with E-state index in [0.29, 0.717) is 35.9 Å². The predicted molar refractivity (Wildman–Crippen MR) is 97.9 cm³/mol. The van der Waals surface area contributed by atoms with Gasteiger partial charge in [0.25, 0.3) is 0 Å². The number of hydrogen-bond acceptors (Lipinski definition) is 5. The molecule has 26 heavy (non-hydrogen) atoms. The molecule has 0 aromatic carbocycles. The Morgan fingerprint density at radius 3 is 2.96 bits per heavy atom. The summed E-state index contributed by atoms with van der Waals surface area (Å²) in [6, 6.07) is 3.40. The van der Waals surface area contributed by atoms with Gasteiger partial charge in [-0.3, -0.25) is 4.79 Å². The Balaban J connectivity index is 1.71. The molecule has 0 bridgehead atoms. The van der Waals surface area contributed by atoms with Crippen molar-refractivity contribution in [1.82, 2.24) is 9.88 Å². The first-order valence-corrected chi connectivity index (χ1v) is 10.1. The summed E-state index contributed by atoms with van der Waals surface area (Å²) in [4.78, 5) is 29.8. The van der Waals surface area contributed by atoms with Crippen molar-refractivity contribution in [3.8, 4) is 6.07 Å². The molecule has 2 atom stereocenters. The molecule has 1 N–H and O–H groups in total. The highest BCUT2D eigenvalue weighted by Gasteiger charge is 2.33. The average Bonchev–Trinajstić information content (AvgIpc) is 3.15. The van der Waals surface area contributed by atoms with Crippen LogP contribution in [-0.2, 0) is 22.4 Å². The van der Waals surface area contributed by atoms with Gasteiger partial charge in [-0.05, 0) is 49.7 Å². The van der Waals surface area contributed by atoms with E-state index in [1.165, 1.54) is 16.7 Å². The van der Waals surface area contributed by atoms with E-state index in [0.717, 1.165) is 36.9 Å². The van der Waals surface area contributed by atoms with E-state index in [9.17, 15) is 20.0 Å². The maximum Gasteiger partial charge on any atom is 0.326 e.